The largest absolute Gasteiger partial charge is 0.485 e. The van der Waals surface area contributed by atoms with E-state index in [1.54, 1.807) is 11.8 Å². The van der Waals surface area contributed by atoms with E-state index < -0.39 is 0 Å². The summed E-state index contributed by atoms with van der Waals surface area (Å²) in [6, 6.07) is 16.2. The summed E-state index contributed by atoms with van der Waals surface area (Å²) >= 11 is 1.67. The molecule has 1 aliphatic heterocycles. The van der Waals surface area contributed by atoms with Gasteiger partial charge in [-0.3, -0.25) is 0 Å². The molecule has 25 heavy (non-hydrogen) atoms. The first-order chi connectivity index (χ1) is 12.2. The van der Waals surface area contributed by atoms with Gasteiger partial charge in [0.25, 0.3) is 0 Å². The summed E-state index contributed by atoms with van der Waals surface area (Å²) in [6.45, 7) is 2.53. The van der Waals surface area contributed by atoms with E-state index >= 15 is 0 Å². The zero-order valence-electron chi connectivity index (χ0n) is 14.2. The lowest BCUT2D eigenvalue weighted by Gasteiger charge is -2.25. The number of nitrogens with zero attached hydrogens (tertiary/aromatic N) is 3. The van der Waals surface area contributed by atoms with E-state index in [1.807, 2.05) is 35.9 Å². The second kappa shape index (κ2) is 6.80. The summed E-state index contributed by atoms with van der Waals surface area (Å²) in [6.07, 6.45) is -0.249. The molecule has 1 atom stereocenters. The average Bonchev–Trinajstić information content (AvgIpc) is 3.01. The molecular formula is C19H19N3O2S. The van der Waals surface area contributed by atoms with Gasteiger partial charge in [-0.15, -0.1) is 10.2 Å². The molecule has 3 aromatic rings. The minimum Gasteiger partial charge on any atom is -0.485 e. The molecule has 1 aliphatic rings. The molecule has 0 amide bonds. The Morgan fingerprint density at radius 1 is 1.08 bits per heavy atom. The van der Waals surface area contributed by atoms with E-state index in [0.29, 0.717) is 6.61 Å². The highest BCUT2D eigenvalue weighted by molar-refractivity contribution is 7.98. The van der Waals surface area contributed by atoms with E-state index in [-0.39, 0.29) is 6.10 Å². The van der Waals surface area contributed by atoms with Gasteiger partial charge in [0, 0.05) is 12.8 Å². The summed E-state index contributed by atoms with van der Waals surface area (Å²) in [4.78, 5) is 0. The summed E-state index contributed by atoms with van der Waals surface area (Å²) in [5, 5.41) is 9.52. The van der Waals surface area contributed by atoms with Gasteiger partial charge in [-0.2, -0.15) is 0 Å². The molecule has 0 N–H and O–H groups in total. The highest BCUT2D eigenvalue weighted by Gasteiger charge is 2.27. The van der Waals surface area contributed by atoms with Crippen molar-refractivity contribution < 1.29 is 9.47 Å². The van der Waals surface area contributed by atoms with Crippen LogP contribution in [0.3, 0.4) is 0 Å². The molecular weight excluding hydrogens is 334 g/mol. The minimum absolute atomic E-state index is 0.249. The molecule has 128 valence electrons. The molecule has 0 aliphatic carbocycles. The number of fused-ring (bicyclic) bond motifs is 1. The predicted octanol–water partition coefficient (Wildman–Crippen LogP) is 3.93. The third-order valence-corrected chi connectivity index (χ3v) is 5.25. The van der Waals surface area contributed by atoms with Gasteiger partial charge < -0.3 is 14.0 Å². The van der Waals surface area contributed by atoms with Gasteiger partial charge in [-0.25, -0.2) is 0 Å². The molecule has 6 heteroatoms. The lowest BCUT2D eigenvalue weighted by Crippen LogP contribution is -2.24. The first-order valence-corrected chi connectivity index (χ1v) is 9.15. The van der Waals surface area contributed by atoms with Crippen LogP contribution in [0.25, 0.3) is 0 Å². The van der Waals surface area contributed by atoms with E-state index in [1.165, 1.54) is 11.1 Å². The monoisotopic (exact) mass is 353 g/mol. The van der Waals surface area contributed by atoms with E-state index in [2.05, 4.69) is 41.4 Å². The van der Waals surface area contributed by atoms with Crippen molar-refractivity contribution in [1.29, 1.82) is 0 Å². The van der Waals surface area contributed by atoms with Crippen molar-refractivity contribution in [2.24, 2.45) is 7.05 Å². The topological polar surface area (TPSA) is 49.2 Å². The molecule has 1 unspecified atom stereocenters. The highest BCUT2D eigenvalue weighted by Crippen LogP contribution is 2.36. The molecule has 0 fully saturated rings. The molecule has 5 nitrogen and oxygen atoms in total. The van der Waals surface area contributed by atoms with Crippen LogP contribution in [0.1, 0.15) is 23.1 Å². The third kappa shape index (κ3) is 3.35. The average molecular weight is 353 g/mol. The molecule has 2 heterocycles. The van der Waals surface area contributed by atoms with Crippen molar-refractivity contribution in [3.63, 3.8) is 0 Å². The number of hydrogen-bond acceptors (Lipinski definition) is 5. The van der Waals surface area contributed by atoms with Gasteiger partial charge in [0.1, 0.15) is 6.61 Å². The van der Waals surface area contributed by atoms with Crippen molar-refractivity contribution in [2.75, 3.05) is 6.61 Å². The van der Waals surface area contributed by atoms with Crippen LogP contribution in [-0.4, -0.2) is 21.4 Å². The molecule has 0 saturated heterocycles. The second-order valence-electron chi connectivity index (χ2n) is 6.04. The molecule has 0 radical (unpaired) electrons. The van der Waals surface area contributed by atoms with Crippen LogP contribution in [0.4, 0.5) is 0 Å². The summed E-state index contributed by atoms with van der Waals surface area (Å²) in [5.41, 5.74) is 2.54. The van der Waals surface area contributed by atoms with Crippen LogP contribution in [0.2, 0.25) is 0 Å². The van der Waals surface area contributed by atoms with Gasteiger partial charge in [0.15, 0.2) is 28.6 Å². The fourth-order valence-corrected chi connectivity index (χ4v) is 3.59. The van der Waals surface area contributed by atoms with Crippen LogP contribution in [0, 0.1) is 6.92 Å². The maximum atomic E-state index is 6.03. The molecule has 0 spiro atoms. The van der Waals surface area contributed by atoms with Crippen LogP contribution in [0.5, 0.6) is 11.5 Å². The fourth-order valence-electron chi connectivity index (χ4n) is 2.71. The Labute approximate surface area is 151 Å². The minimum atomic E-state index is -0.249. The first-order valence-electron chi connectivity index (χ1n) is 8.17. The Hall–Kier alpha value is -2.47. The molecule has 0 bridgehead atoms. The van der Waals surface area contributed by atoms with Gasteiger partial charge in [0.05, 0.1) is 0 Å². The number of rotatable bonds is 4. The fraction of sp³-hybridized carbons (Fsp3) is 0.263. The lowest BCUT2D eigenvalue weighted by atomic mass is 10.2. The summed E-state index contributed by atoms with van der Waals surface area (Å²) < 4.78 is 13.8. The summed E-state index contributed by atoms with van der Waals surface area (Å²) in [5.74, 6) is 3.16. The normalized spacial score (nSPS) is 16.0. The number of hydrogen-bond donors (Lipinski definition) is 0. The Bertz CT molecular complexity index is 877. The van der Waals surface area contributed by atoms with E-state index in [0.717, 1.165) is 28.2 Å². The van der Waals surface area contributed by atoms with Crippen molar-refractivity contribution in [2.45, 2.75) is 23.9 Å². The number of para-hydroxylation sites is 2. The van der Waals surface area contributed by atoms with Crippen LogP contribution in [0.15, 0.2) is 53.7 Å². The Morgan fingerprint density at radius 2 is 1.84 bits per heavy atom. The highest BCUT2D eigenvalue weighted by atomic mass is 32.2. The second-order valence-corrected chi connectivity index (χ2v) is 6.98. The van der Waals surface area contributed by atoms with Gasteiger partial charge in [-0.05, 0) is 24.6 Å². The Kier molecular flexibility index (Phi) is 4.36. The van der Waals surface area contributed by atoms with Gasteiger partial charge in [0.2, 0.25) is 0 Å². The predicted molar refractivity (Wildman–Crippen MR) is 97.0 cm³/mol. The third-order valence-electron chi connectivity index (χ3n) is 4.15. The van der Waals surface area contributed by atoms with Crippen LogP contribution < -0.4 is 9.47 Å². The smallest absolute Gasteiger partial charge is 0.192 e. The molecule has 2 aromatic carbocycles. The molecule has 1 aromatic heterocycles. The molecule has 4 rings (SSSR count). The number of aryl methyl sites for hydroxylation is 1. The number of benzene rings is 2. The molecule has 0 saturated carbocycles. The first kappa shape index (κ1) is 16.0. The Morgan fingerprint density at radius 3 is 2.64 bits per heavy atom. The quantitative estimate of drug-likeness (QED) is 0.665. The zero-order chi connectivity index (χ0) is 17.2. The summed E-state index contributed by atoms with van der Waals surface area (Å²) in [7, 11) is 1.97. The number of ether oxygens (including phenoxy) is 2. The SMILES string of the molecule is Cc1ccc(CSc2nnc(C3COc4ccccc4O3)n2C)cc1. The van der Waals surface area contributed by atoms with Crippen molar-refractivity contribution in [3.05, 3.63) is 65.5 Å². The van der Waals surface area contributed by atoms with Crippen molar-refractivity contribution in [3.8, 4) is 11.5 Å². The van der Waals surface area contributed by atoms with Gasteiger partial charge >= 0.3 is 0 Å². The van der Waals surface area contributed by atoms with E-state index in [4.69, 9.17) is 9.47 Å². The lowest BCUT2D eigenvalue weighted by molar-refractivity contribution is 0.0825. The standard InChI is InChI=1S/C19H19N3O2S/c1-13-7-9-14(10-8-13)12-25-19-21-20-18(22(19)2)17-11-23-15-5-3-4-6-16(15)24-17/h3-10,17H,11-12H2,1-2H3. The van der Waals surface area contributed by atoms with Crippen molar-refractivity contribution in [1.82, 2.24) is 14.8 Å². The van der Waals surface area contributed by atoms with Crippen LogP contribution >= 0.6 is 11.8 Å². The maximum Gasteiger partial charge on any atom is 0.192 e. The number of thioether (sulfide) groups is 1. The Balaban J connectivity index is 1.47. The maximum absolute atomic E-state index is 6.03. The van der Waals surface area contributed by atoms with Crippen LogP contribution in [-0.2, 0) is 12.8 Å². The van der Waals surface area contributed by atoms with Gasteiger partial charge in [-0.1, -0.05) is 53.7 Å². The number of aromatic nitrogens is 3. The zero-order valence-corrected chi connectivity index (χ0v) is 15.0. The van der Waals surface area contributed by atoms with Crippen molar-refractivity contribution >= 4 is 11.8 Å². The van der Waals surface area contributed by atoms with E-state index in [9.17, 15) is 0 Å².